The average molecular weight is 666 g/mol. The van der Waals surface area contributed by atoms with Crippen LogP contribution in [0.25, 0.3) is 0 Å². The van der Waals surface area contributed by atoms with Gasteiger partial charge in [0.1, 0.15) is 17.9 Å². The van der Waals surface area contributed by atoms with Crippen LogP contribution in [0.2, 0.25) is 0 Å². The lowest BCUT2D eigenvalue weighted by Crippen LogP contribution is -2.61. The number of ether oxygens (including phenoxy) is 1. The second kappa shape index (κ2) is 13.2. The van der Waals surface area contributed by atoms with E-state index in [0.29, 0.717) is 11.7 Å². The maximum atomic E-state index is 14.4. The van der Waals surface area contributed by atoms with Gasteiger partial charge in [-0.15, -0.1) is 10.2 Å². The summed E-state index contributed by atoms with van der Waals surface area (Å²) in [5.74, 6) is 0.487. The standard InChI is InChI=1S/C36H52FN7O4/c1-23(2)44(24(3)4)33(46)27-17-26(37)7-8-29(27)48-32-30(38-22-39-41-32)43-20-35(21-43)13-15-42(16-14-35)19-25-9-11-36(12-10-25)18-28(31(45)40-36)34(5,6)47/h7-8,17,22-25,28,47H,9-16,18-21H2,1-6H3,(H,40,45)/t25?,28-,36?/m1/s1. The molecule has 4 heterocycles. The first-order chi connectivity index (χ1) is 22.7. The lowest BCUT2D eigenvalue weighted by Gasteiger charge is -2.54. The highest BCUT2D eigenvalue weighted by Crippen LogP contribution is 2.46. The minimum Gasteiger partial charge on any atom is -0.434 e. The average Bonchev–Trinajstić information content (AvgIpc) is 3.34. The summed E-state index contributed by atoms with van der Waals surface area (Å²) in [6, 6.07) is 3.82. The molecule has 3 aliphatic heterocycles. The number of likely N-dealkylation sites (tertiary alicyclic amines) is 1. The van der Waals surface area contributed by atoms with Gasteiger partial charge in [0.2, 0.25) is 5.91 Å². The zero-order valence-electron chi connectivity index (χ0n) is 29.3. The van der Waals surface area contributed by atoms with Gasteiger partial charge in [-0.2, -0.15) is 0 Å². The van der Waals surface area contributed by atoms with Gasteiger partial charge in [-0.05, 0) is 124 Å². The monoisotopic (exact) mass is 665 g/mol. The Morgan fingerprint density at radius 1 is 1.12 bits per heavy atom. The molecule has 1 aliphatic carbocycles. The minimum atomic E-state index is -0.987. The van der Waals surface area contributed by atoms with Gasteiger partial charge in [0.05, 0.1) is 17.1 Å². The van der Waals surface area contributed by atoms with Crippen LogP contribution in [-0.2, 0) is 4.79 Å². The van der Waals surface area contributed by atoms with Crippen molar-refractivity contribution in [1.82, 2.24) is 30.3 Å². The Morgan fingerprint density at radius 3 is 2.40 bits per heavy atom. The molecule has 1 aromatic heterocycles. The Balaban J connectivity index is 1.03. The highest BCUT2D eigenvalue weighted by molar-refractivity contribution is 5.97. The van der Waals surface area contributed by atoms with Gasteiger partial charge >= 0.3 is 0 Å². The number of hydrogen-bond donors (Lipinski definition) is 2. The van der Waals surface area contributed by atoms with E-state index in [2.05, 4.69) is 30.3 Å². The molecule has 12 heteroatoms. The van der Waals surface area contributed by atoms with Crippen LogP contribution in [0.15, 0.2) is 24.5 Å². The number of amides is 2. The molecule has 6 rings (SSSR count). The van der Waals surface area contributed by atoms with E-state index in [4.69, 9.17) is 4.74 Å². The summed E-state index contributed by atoms with van der Waals surface area (Å²) < 4.78 is 20.6. The molecule has 1 saturated carbocycles. The van der Waals surface area contributed by atoms with Crippen LogP contribution in [0.4, 0.5) is 10.2 Å². The van der Waals surface area contributed by atoms with E-state index in [1.54, 1.807) is 18.7 Å². The number of anilines is 1. The molecule has 262 valence electrons. The summed E-state index contributed by atoms with van der Waals surface area (Å²) in [6.07, 6.45) is 8.53. The van der Waals surface area contributed by atoms with Crippen molar-refractivity contribution < 1.29 is 23.8 Å². The molecule has 0 bridgehead atoms. The van der Waals surface area contributed by atoms with E-state index < -0.39 is 11.4 Å². The van der Waals surface area contributed by atoms with E-state index in [1.807, 2.05) is 27.7 Å². The first kappa shape index (κ1) is 34.5. The molecule has 2 N–H and O–H groups in total. The number of carbonyl (C=O) groups excluding carboxylic acids is 2. The Labute approximate surface area is 283 Å². The molecule has 2 amide bonds. The number of benzene rings is 1. The number of aromatic nitrogens is 3. The van der Waals surface area contributed by atoms with Gasteiger partial charge in [0, 0.05) is 42.7 Å². The third kappa shape index (κ3) is 7.01. The van der Waals surface area contributed by atoms with Crippen LogP contribution in [0.1, 0.15) is 96.8 Å². The summed E-state index contributed by atoms with van der Waals surface area (Å²) in [7, 11) is 0. The van der Waals surface area contributed by atoms with Crippen LogP contribution in [0, 0.1) is 23.1 Å². The molecule has 48 heavy (non-hydrogen) atoms. The quantitative estimate of drug-likeness (QED) is 0.389. The molecule has 1 atom stereocenters. The molecular formula is C36H52FN7O4. The molecule has 1 aromatic carbocycles. The topological polar surface area (TPSA) is 124 Å². The van der Waals surface area contributed by atoms with Crippen molar-refractivity contribution in [3.8, 4) is 11.6 Å². The molecule has 3 saturated heterocycles. The van der Waals surface area contributed by atoms with E-state index in [1.165, 1.54) is 24.5 Å². The minimum absolute atomic E-state index is 0.00294. The van der Waals surface area contributed by atoms with Crippen molar-refractivity contribution in [1.29, 1.82) is 0 Å². The number of rotatable bonds is 9. The summed E-state index contributed by atoms with van der Waals surface area (Å²) in [5, 5.41) is 21.9. The summed E-state index contributed by atoms with van der Waals surface area (Å²) in [6.45, 7) is 16.1. The Kier molecular flexibility index (Phi) is 9.45. The molecule has 4 fully saturated rings. The smallest absolute Gasteiger partial charge is 0.282 e. The Morgan fingerprint density at radius 2 is 1.79 bits per heavy atom. The Hall–Kier alpha value is -3.38. The van der Waals surface area contributed by atoms with Crippen LogP contribution in [0.3, 0.4) is 0 Å². The SMILES string of the molecule is CC(C)N(C(=O)c1cc(F)ccc1Oc1nncnc1N1CC2(CCN(CC3CCC4(CC3)C[C@@H](C(C)(C)O)C(=O)N4)CC2)C1)C(C)C. The van der Waals surface area contributed by atoms with Gasteiger partial charge < -0.3 is 29.9 Å². The molecular weight excluding hydrogens is 613 g/mol. The van der Waals surface area contributed by atoms with Crippen LogP contribution < -0.4 is 15.0 Å². The van der Waals surface area contributed by atoms with Gasteiger partial charge in [-0.25, -0.2) is 9.37 Å². The van der Waals surface area contributed by atoms with Crippen molar-refractivity contribution >= 4 is 17.6 Å². The van der Waals surface area contributed by atoms with Crippen molar-refractivity contribution in [3.05, 3.63) is 35.9 Å². The number of halogens is 1. The lowest BCUT2D eigenvalue weighted by molar-refractivity contribution is -0.129. The third-order valence-electron chi connectivity index (χ3n) is 11.3. The highest BCUT2D eigenvalue weighted by Gasteiger charge is 2.51. The van der Waals surface area contributed by atoms with Crippen LogP contribution in [-0.4, -0.2) is 97.8 Å². The van der Waals surface area contributed by atoms with E-state index in [9.17, 15) is 19.1 Å². The normalized spacial score (nSPS) is 25.9. The van der Waals surface area contributed by atoms with E-state index in [0.717, 1.165) is 77.7 Å². The largest absolute Gasteiger partial charge is 0.434 e. The number of hydrogen-bond acceptors (Lipinski definition) is 9. The fourth-order valence-corrected chi connectivity index (χ4v) is 8.61. The van der Waals surface area contributed by atoms with Gasteiger partial charge in [-0.3, -0.25) is 9.59 Å². The molecule has 0 unspecified atom stereocenters. The summed E-state index contributed by atoms with van der Waals surface area (Å²) >= 11 is 0. The molecule has 4 aliphatic rings. The molecule has 0 radical (unpaired) electrons. The maximum Gasteiger partial charge on any atom is 0.282 e. The third-order valence-corrected chi connectivity index (χ3v) is 11.3. The fourth-order valence-electron chi connectivity index (χ4n) is 8.61. The number of nitrogens with zero attached hydrogens (tertiary/aromatic N) is 6. The molecule has 11 nitrogen and oxygen atoms in total. The predicted octanol–water partition coefficient (Wildman–Crippen LogP) is 4.80. The van der Waals surface area contributed by atoms with Gasteiger partial charge in [0.25, 0.3) is 11.8 Å². The number of nitrogens with one attached hydrogen (secondary N) is 1. The van der Waals surface area contributed by atoms with Gasteiger partial charge in [0.15, 0.2) is 5.82 Å². The second-order valence-electron chi connectivity index (χ2n) is 16.0. The van der Waals surface area contributed by atoms with Crippen molar-refractivity contribution in [2.75, 3.05) is 37.6 Å². The first-order valence-corrected chi connectivity index (χ1v) is 17.7. The molecule has 2 spiro atoms. The number of aliphatic hydroxyl groups is 1. The van der Waals surface area contributed by atoms with Crippen LogP contribution in [0.5, 0.6) is 11.6 Å². The first-order valence-electron chi connectivity index (χ1n) is 17.7. The maximum absolute atomic E-state index is 14.4. The zero-order chi connectivity index (χ0) is 34.4. The summed E-state index contributed by atoms with van der Waals surface area (Å²) in [4.78, 5) is 37.1. The van der Waals surface area contributed by atoms with Crippen molar-refractivity contribution in [3.63, 3.8) is 0 Å². The highest BCUT2D eigenvalue weighted by atomic mass is 19.1. The number of piperidine rings is 1. The fraction of sp³-hybridized carbons (Fsp3) is 0.694. The van der Waals surface area contributed by atoms with Crippen molar-refractivity contribution in [2.45, 2.75) is 110 Å². The summed E-state index contributed by atoms with van der Waals surface area (Å²) in [5.41, 5.74) is -0.782. The van der Waals surface area contributed by atoms with Crippen molar-refractivity contribution in [2.24, 2.45) is 17.3 Å². The lowest BCUT2D eigenvalue weighted by atomic mass is 9.71. The Bertz CT molecular complexity index is 1480. The number of carbonyl (C=O) groups is 2. The van der Waals surface area contributed by atoms with E-state index in [-0.39, 0.29) is 58.0 Å². The predicted molar refractivity (Wildman–Crippen MR) is 180 cm³/mol. The zero-order valence-corrected chi connectivity index (χ0v) is 29.3. The van der Waals surface area contributed by atoms with Gasteiger partial charge in [-0.1, -0.05) is 0 Å². The second-order valence-corrected chi connectivity index (χ2v) is 16.0. The molecule has 2 aromatic rings. The van der Waals surface area contributed by atoms with Crippen LogP contribution >= 0.6 is 0 Å². The van der Waals surface area contributed by atoms with E-state index >= 15 is 0 Å².